The topological polar surface area (TPSA) is 50.1 Å². The summed E-state index contributed by atoms with van der Waals surface area (Å²) in [6, 6.07) is 1.67. The SMILES string of the molecule is C=CCOC(=O)C=CC#N. The fourth-order valence-electron chi connectivity index (χ4n) is 0.294. The van der Waals surface area contributed by atoms with Crippen LogP contribution in [0.1, 0.15) is 0 Å². The highest BCUT2D eigenvalue weighted by molar-refractivity contribution is 5.82. The zero-order valence-electron chi connectivity index (χ0n) is 5.41. The van der Waals surface area contributed by atoms with E-state index in [4.69, 9.17) is 5.26 Å². The van der Waals surface area contributed by atoms with E-state index in [9.17, 15) is 4.79 Å². The molecule has 0 rings (SSSR count). The predicted octanol–water partition coefficient (Wildman–Crippen LogP) is 0.795. The number of rotatable bonds is 3. The number of allylic oxidation sites excluding steroid dienone is 1. The standard InChI is InChI=1S/C7H7NO2/c1-2-6-10-7(9)4-3-5-8/h2-4H,1,6H2. The first-order valence-electron chi connectivity index (χ1n) is 2.65. The molecule has 0 amide bonds. The molecule has 0 N–H and O–H groups in total. The fourth-order valence-corrected chi connectivity index (χ4v) is 0.294. The predicted molar refractivity (Wildman–Crippen MR) is 35.9 cm³/mol. The Morgan fingerprint density at radius 1 is 1.80 bits per heavy atom. The van der Waals surface area contributed by atoms with Crippen molar-refractivity contribution in [3.63, 3.8) is 0 Å². The zero-order chi connectivity index (χ0) is 7.82. The van der Waals surface area contributed by atoms with E-state index >= 15 is 0 Å². The summed E-state index contributed by atoms with van der Waals surface area (Å²) in [6.07, 6.45) is 3.58. The third kappa shape index (κ3) is 4.60. The molecule has 0 saturated heterocycles. The van der Waals surface area contributed by atoms with Crippen LogP contribution < -0.4 is 0 Å². The number of carbonyl (C=O) groups is 1. The van der Waals surface area contributed by atoms with Crippen LogP contribution in [0.4, 0.5) is 0 Å². The largest absolute Gasteiger partial charge is 0.458 e. The molecule has 3 heteroatoms. The molecule has 52 valence electrons. The maximum Gasteiger partial charge on any atom is 0.331 e. The van der Waals surface area contributed by atoms with Crippen LogP contribution in [-0.4, -0.2) is 12.6 Å². The number of ether oxygens (including phenoxy) is 1. The highest BCUT2D eigenvalue weighted by Crippen LogP contribution is 1.80. The minimum atomic E-state index is -0.526. The molecule has 0 spiro atoms. The lowest BCUT2D eigenvalue weighted by Gasteiger charge is -1.92. The first kappa shape index (κ1) is 8.44. The Labute approximate surface area is 59.2 Å². The summed E-state index contributed by atoms with van der Waals surface area (Å²) in [4.78, 5) is 10.5. The Balaban J connectivity index is 3.55. The number of hydrogen-bond donors (Lipinski definition) is 0. The molecule has 0 aliphatic carbocycles. The Bertz CT molecular complexity index is 188. The number of esters is 1. The van der Waals surface area contributed by atoms with Crippen LogP contribution >= 0.6 is 0 Å². The van der Waals surface area contributed by atoms with Crippen molar-refractivity contribution in [3.05, 3.63) is 24.8 Å². The van der Waals surface area contributed by atoms with E-state index in [2.05, 4.69) is 11.3 Å². The first-order chi connectivity index (χ1) is 4.81. The Morgan fingerprint density at radius 3 is 3.00 bits per heavy atom. The van der Waals surface area contributed by atoms with Gasteiger partial charge in [0.25, 0.3) is 0 Å². The molecule has 0 unspecified atom stereocenters. The molecule has 0 aromatic rings. The van der Waals surface area contributed by atoms with E-state index in [1.807, 2.05) is 0 Å². The molecular formula is C7H7NO2. The molecule has 0 aromatic heterocycles. The van der Waals surface area contributed by atoms with Crippen molar-refractivity contribution in [2.75, 3.05) is 6.61 Å². The summed E-state index contributed by atoms with van der Waals surface area (Å²) < 4.78 is 4.50. The Hall–Kier alpha value is -1.56. The van der Waals surface area contributed by atoms with Crippen molar-refractivity contribution in [2.45, 2.75) is 0 Å². The second-order valence-corrected chi connectivity index (χ2v) is 1.38. The van der Waals surface area contributed by atoms with Gasteiger partial charge in [-0.2, -0.15) is 5.26 Å². The van der Waals surface area contributed by atoms with Gasteiger partial charge in [-0.1, -0.05) is 12.7 Å². The molecule has 0 aromatic carbocycles. The van der Waals surface area contributed by atoms with Gasteiger partial charge in [0.1, 0.15) is 6.61 Å². The van der Waals surface area contributed by atoms with Gasteiger partial charge in [0.05, 0.1) is 6.07 Å². The summed E-state index contributed by atoms with van der Waals surface area (Å²) in [5, 5.41) is 7.98. The lowest BCUT2D eigenvalue weighted by atomic mass is 10.5. The van der Waals surface area contributed by atoms with Crippen LogP contribution in [0.2, 0.25) is 0 Å². The summed E-state index contributed by atoms with van der Waals surface area (Å²) in [5.74, 6) is -0.526. The maximum absolute atomic E-state index is 10.5. The van der Waals surface area contributed by atoms with E-state index in [-0.39, 0.29) is 6.61 Å². The van der Waals surface area contributed by atoms with Gasteiger partial charge in [-0.25, -0.2) is 4.79 Å². The normalized spacial score (nSPS) is 8.70. The van der Waals surface area contributed by atoms with Crippen molar-refractivity contribution >= 4 is 5.97 Å². The van der Waals surface area contributed by atoms with Crippen LogP contribution in [-0.2, 0) is 9.53 Å². The van der Waals surface area contributed by atoms with Gasteiger partial charge >= 0.3 is 5.97 Å². The number of hydrogen-bond acceptors (Lipinski definition) is 3. The van der Waals surface area contributed by atoms with E-state index < -0.39 is 5.97 Å². The average Bonchev–Trinajstić information content (AvgIpc) is 1.97. The summed E-state index contributed by atoms with van der Waals surface area (Å²) >= 11 is 0. The van der Waals surface area contributed by atoms with E-state index in [0.29, 0.717) is 0 Å². The zero-order valence-corrected chi connectivity index (χ0v) is 5.41. The average molecular weight is 137 g/mol. The minimum Gasteiger partial charge on any atom is -0.458 e. The van der Waals surface area contributed by atoms with Crippen molar-refractivity contribution in [2.24, 2.45) is 0 Å². The number of carbonyl (C=O) groups excluding carboxylic acids is 1. The molecule has 0 heterocycles. The van der Waals surface area contributed by atoms with Gasteiger partial charge in [0, 0.05) is 12.2 Å². The minimum absolute atomic E-state index is 0.175. The van der Waals surface area contributed by atoms with Crippen molar-refractivity contribution in [1.29, 1.82) is 5.26 Å². The van der Waals surface area contributed by atoms with E-state index in [1.165, 1.54) is 6.08 Å². The van der Waals surface area contributed by atoms with Crippen molar-refractivity contribution in [1.82, 2.24) is 0 Å². The van der Waals surface area contributed by atoms with Gasteiger partial charge in [0.15, 0.2) is 0 Å². The first-order valence-corrected chi connectivity index (χ1v) is 2.65. The quantitative estimate of drug-likeness (QED) is 0.250. The maximum atomic E-state index is 10.5. The van der Waals surface area contributed by atoms with Crippen LogP contribution in [0.25, 0.3) is 0 Å². The van der Waals surface area contributed by atoms with Gasteiger partial charge in [-0.3, -0.25) is 0 Å². The van der Waals surface area contributed by atoms with Gasteiger partial charge in [-0.05, 0) is 0 Å². The molecule has 0 aliphatic heterocycles. The van der Waals surface area contributed by atoms with Gasteiger partial charge in [0.2, 0.25) is 0 Å². The van der Waals surface area contributed by atoms with Crippen molar-refractivity contribution < 1.29 is 9.53 Å². The molecule has 0 atom stereocenters. The smallest absolute Gasteiger partial charge is 0.331 e. The summed E-state index contributed by atoms with van der Waals surface area (Å²) in [7, 11) is 0. The molecule has 3 nitrogen and oxygen atoms in total. The Morgan fingerprint density at radius 2 is 2.50 bits per heavy atom. The molecule has 0 saturated carbocycles. The van der Waals surface area contributed by atoms with Crippen LogP contribution in [0.15, 0.2) is 24.8 Å². The van der Waals surface area contributed by atoms with Crippen LogP contribution in [0.3, 0.4) is 0 Å². The fraction of sp³-hybridized carbons (Fsp3) is 0.143. The molecule has 10 heavy (non-hydrogen) atoms. The van der Waals surface area contributed by atoms with Gasteiger partial charge < -0.3 is 4.74 Å². The lowest BCUT2D eigenvalue weighted by molar-refractivity contribution is -0.136. The van der Waals surface area contributed by atoms with E-state index in [0.717, 1.165) is 12.2 Å². The second kappa shape index (κ2) is 5.57. The van der Waals surface area contributed by atoms with E-state index in [1.54, 1.807) is 6.07 Å². The Kier molecular flexibility index (Phi) is 4.70. The van der Waals surface area contributed by atoms with Crippen LogP contribution in [0, 0.1) is 11.3 Å². The monoisotopic (exact) mass is 137 g/mol. The molecule has 0 bridgehead atoms. The number of nitriles is 1. The van der Waals surface area contributed by atoms with Gasteiger partial charge in [-0.15, -0.1) is 0 Å². The molecule has 0 radical (unpaired) electrons. The number of nitrogens with zero attached hydrogens (tertiary/aromatic N) is 1. The molecular weight excluding hydrogens is 130 g/mol. The highest BCUT2D eigenvalue weighted by Gasteiger charge is 1.90. The highest BCUT2D eigenvalue weighted by atomic mass is 16.5. The third-order valence-corrected chi connectivity index (χ3v) is 0.637. The second-order valence-electron chi connectivity index (χ2n) is 1.38. The van der Waals surface area contributed by atoms with Crippen molar-refractivity contribution in [3.8, 4) is 6.07 Å². The third-order valence-electron chi connectivity index (χ3n) is 0.637. The summed E-state index contributed by atoms with van der Waals surface area (Å²) in [6.45, 7) is 3.52. The molecule has 0 fully saturated rings. The lowest BCUT2D eigenvalue weighted by Crippen LogP contribution is -1.99. The summed E-state index contributed by atoms with van der Waals surface area (Å²) in [5.41, 5.74) is 0. The van der Waals surface area contributed by atoms with Crippen LogP contribution in [0.5, 0.6) is 0 Å². The molecule has 0 aliphatic rings.